The molecule has 158 valence electrons. The van der Waals surface area contributed by atoms with Crippen LogP contribution in [0.4, 0.5) is 14.2 Å². The Hall–Kier alpha value is -3.47. The van der Waals surface area contributed by atoms with E-state index in [1.54, 1.807) is 31.6 Å². The van der Waals surface area contributed by atoms with Gasteiger partial charge in [0.05, 0.1) is 6.33 Å². The van der Waals surface area contributed by atoms with Crippen molar-refractivity contribution in [1.82, 2.24) is 19.2 Å². The van der Waals surface area contributed by atoms with E-state index in [2.05, 4.69) is 20.0 Å². The lowest BCUT2D eigenvalue weighted by molar-refractivity contribution is 0.0693. The van der Waals surface area contributed by atoms with Gasteiger partial charge in [-0.2, -0.15) is 4.37 Å². The maximum Gasteiger partial charge on any atom is 0.344 e. The molecule has 0 atom stereocenters. The molecule has 9 nitrogen and oxygen atoms in total. The zero-order chi connectivity index (χ0) is 21.7. The second-order valence-corrected chi connectivity index (χ2v) is 7.28. The average molecular weight is 433 g/mol. The molecule has 0 aliphatic rings. The summed E-state index contributed by atoms with van der Waals surface area (Å²) in [6.07, 6.45) is 3.93. The number of halogens is 1. The number of hydrogen-bond acceptors (Lipinski definition) is 6. The van der Waals surface area contributed by atoms with Gasteiger partial charge >= 0.3 is 12.0 Å². The third-order valence-corrected chi connectivity index (χ3v) is 5.00. The van der Waals surface area contributed by atoms with Crippen LogP contribution in [0.2, 0.25) is 0 Å². The fourth-order valence-electron chi connectivity index (χ4n) is 2.64. The zero-order valence-corrected chi connectivity index (χ0v) is 17.1. The molecule has 1 aromatic carbocycles. The Morgan fingerprint density at radius 2 is 2.17 bits per heavy atom. The Kier molecular flexibility index (Phi) is 6.62. The molecule has 0 bridgehead atoms. The largest absolute Gasteiger partial charge is 0.477 e. The van der Waals surface area contributed by atoms with E-state index >= 15 is 0 Å². The number of aryl methyl sites for hydroxylation is 2. The van der Waals surface area contributed by atoms with E-state index in [-0.39, 0.29) is 28.6 Å². The summed E-state index contributed by atoms with van der Waals surface area (Å²) in [4.78, 5) is 27.8. The molecule has 2 amide bonds. The maximum absolute atomic E-state index is 13.9. The first-order valence-corrected chi connectivity index (χ1v) is 9.73. The molecule has 3 aromatic rings. The Balaban J connectivity index is 1.61. The molecule has 2 aromatic heterocycles. The SMILES string of the molecule is Cc1ccc(COc2nsc(NC(=O)NCCc3cncn3C)c2C(=O)O)c(F)c1. The molecule has 3 N–H and O–H groups in total. The van der Waals surface area contributed by atoms with Gasteiger partial charge in [-0.15, -0.1) is 0 Å². The van der Waals surface area contributed by atoms with Gasteiger partial charge in [-0.25, -0.2) is 19.0 Å². The first-order chi connectivity index (χ1) is 14.3. The number of aromatic carboxylic acids is 1. The monoisotopic (exact) mass is 433 g/mol. The number of imidazole rings is 1. The summed E-state index contributed by atoms with van der Waals surface area (Å²) in [5, 5.41) is 14.6. The van der Waals surface area contributed by atoms with Crippen molar-refractivity contribution in [1.29, 1.82) is 0 Å². The van der Waals surface area contributed by atoms with Crippen LogP contribution in [-0.4, -0.2) is 37.6 Å². The van der Waals surface area contributed by atoms with Crippen molar-refractivity contribution in [2.24, 2.45) is 7.05 Å². The molecule has 0 aliphatic carbocycles. The topological polar surface area (TPSA) is 118 Å². The van der Waals surface area contributed by atoms with E-state index in [4.69, 9.17) is 4.74 Å². The number of nitrogens with zero attached hydrogens (tertiary/aromatic N) is 3. The van der Waals surface area contributed by atoms with Crippen LogP contribution in [0.15, 0.2) is 30.7 Å². The maximum atomic E-state index is 13.9. The van der Waals surface area contributed by atoms with Gasteiger partial charge in [-0.05, 0) is 30.1 Å². The predicted molar refractivity (Wildman–Crippen MR) is 108 cm³/mol. The lowest BCUT2D eigenvalue weighted by Gasteiger charge is -2.08. The molecule has 11 heteroatoms. The molecular formula is C19H20FN5O4S. The molecule has 2 heterocycles. The van der Waals surface area contributed by atoms with Crippen molar-refractivity contribution < 1.29 is 23.8 Å². The van der Waals surface area contributed by atoms with Crippen LogP contribution in [0.5, 0.6) is 5.88 Å². The van der Waals surface area contributed by atoms with Gasteiger partial charge in [-0.3, -0.25) is 5.32 Å². The van der Waals surface area contributed by atoms with Crippen LogP contribution in [0.3, 0.4) is 0 Å². The number of aromatic nitrogens is 3. The minimum atomic E-state index is -1.31. The highest BCUT2D eigenvalue weighted by Gasteiger charge is 2.23. The fourth-order valence-corrected chi connectivity index (χ4v) is 3.36. The summed E-state index contributed by atoms with van der Waals surface area (Å²) in [5.41, 5.74) is 1.69. The normalized spacial score (nSPS) is 10.6. The molecule has 0 saturated carbocycles. The standard InChI is InChI=1S/C19H20FN5O4S/c1-11-3-4-12(14(20)7-11)9-29-16-15(18(26)27)17(30-24-16)23-19(28)22-6-5-13-8-21-10-25(13)2/h3-4,7-8,10H,5-6,9H2,1-2H3,(H,26,27)(H2,22,23,28). The molecule has 0 fully saturated rings. The van der Waals surface area contributed by atoms with Crippen molar-refractivity contribution in [3.63, 3.8) is 0 Å². The third-order valence-electron chi connectivity index (χ3n) is 4.26. The predicted octanol–water partition coefficient (Wildman–Crippen LogP) is 2.97. The number of carbonyl (C=O) groups excluding carboxylic acids is 1. The molecule has 3 rings (SSSR count). The zero-order valence-electron chi connectivity index (χ0n) is 16.3. The summed E-state index contributed by atoms with van der Waals surface area (Å²) >= 11 is 0.773. The van der Waals surface area contributed by atoms with Crippen molar-refractivity contribution in [3.8, 4) is 5.88 Å². The number of rotatable bonds is 8. The third kappa shape index (κ3) is 5.11. The Labute approximate surface area is 175 Å². The molecule has 0 aliphatic heterocycles. The van der Waals surface area contributed by atoms with E-state index < -0.39 is 17.8 Å². The Bertz CT molecular complexity index is 1070. The number of urea groups is 1. The first-order valence-electron chi connectivity index (χ1n) is 8.96. The number of benzene rings is 1. The molecular weight excluding hydrogens is 413 g/mol. The van der Waals surface area contributed by atoms with Crippen LogP contribution in [-0.2, 0) is 20.1 Å². The Morgan fingerprint density at radius 3 is 2.83 bits per heavy atom. The van der Waals surface area contributed by atoms with E-state index in [1.165, 1.54) is 6.07 Å². The highest BCUT2D eigenvalue weighted by atomic mass is 32.1. The number of ether oxygens (including phenoxy) is 1. The summed E-state index contributed by atoms with van der Waals surface area (Å²) < 4.78 is 25.1. The lowest BCUT2D eigenvalue weighted by Crippen LogP contribution is -2.30. The summed E-state index contributed by atoms with van der Waals surface area (Å²) in [6, 6.07) is 4.08. The molecule has 0 unspecified atom stereocenters. The average Bonchev–Trinajstić information content (AvgIpc) is 3.27. The second kappa shape index (κ2) is 9.35. The number of nitrogens with one attached hydrogen (secondary N) is 2. The van der Waals surface area contributed by atoms with Crippen LogP contribution in [0, 0.1) is 12.7 Å². The lowest BCUT2D eigenvalue weighted by atomic mass is 10.1. The van der Waals surface area contributed by atoms with Gasteiger partial charge in [0.1, 0.15) is 17.4 Å². The van der Waals surface area contributed by atoms with E-state index in [0.29, 0.717) is 13.0 Å². The highest BCUT2D eigenvalue weighted by molar-refractivity contribution is 7.11. The van der Waals surface area contributed by atoms with Crippen molar-refractivity contribution in [3.05, 3.63) is 58.9 Å². The minimum absolute atomic E-state index is 0.0277. The van der Waals surface area contributed by atoms with E-state index in [0.717, 1.165) is 22.8 Å². The van der Waals surface area contributed by atoms with E-state index in [1.807, 2.05) is 11.6 Å². The van der Waals surface area contributed by atoms with Crippen molar-refractivity contribution in [2.75, 3.05) is 11.9 Å². The van der Waals surface area contributed by atoms with Crippen LogP contribution < -0.4 is 15.4 Å². The van der Waals surface area contributed by atoms with Gasteiger partial charge in [0.25, 0.3) is 0 Å². The smallest absolute Gasteiger partial charge is 0.344 e. The molecule has 30 heavy (non-hydrogen) atoms. The number of amides is 2. The van der Waals surface area contributed by atoms with Crippen LogP contribution >= 0.6 is 11.5 Å². The summed E-state index contributed by atoms with van der Waals surface area (Å²) in [7, 11) is 1.85. The molecule has 0 saturated heterocycles. The van der Waals surface area contributed by atoms with Crippen molar-refractivity contribution in [2.45, 2.75) is 20.0 Å². The summed E-state index contributed by atoms with van der Waals surface area (Å²) in [6.45, 7) is 1.91. The van der Waals surface area contributed by atoms with Gasteiger partial charge in [0.2, 0.25) is 5.88 Å². The number of carbonyl (C=O) groups is 2. The van der Waals surface area contributed by atoms with Gasteiger partial charge in [0.15, 0.2) is 5.56 Å². The quantitative estimate of drug-likeness (QED) is 0.503. The fraction of sp³-hybridized carbons (Fsp3) is 0.263. The van der Waals surface area contributed by atoms with Gasteiger partial charge < -0.3 is 19.7 Å². The second-order valence-electron chi connectivity index (χ2n) is 6.51. The van der Waals surface area contributed by atoms with Crippen LogP contribution in [0.25, 0.3) is 0 Å². The number of carboxylic acids is 1. The highest BCUT2D eigenvalue weighted by Crippen LogP contribution is 2.31. The Morgan fingerprint density at radius 1 is 1.37 bits per heavy atom. The van der Waals surface area contributed by atoms with Crippen molar-refractivity contribution >= 4 is 28.5 Å². The number of carboxylic acid groups (broad SMARTS) is 1. The number of hydrogen-bond donors (Lipinski definition) is 3. The minimum Gasteiger partial charge on any atom is -0.477 e. The molecule has 0 radical (unpaired) electrons. The number of anilines is 1. The van der Waals surface area contributed by atoms with Crippen LogP contribution in [0.1, 0.15) is 27.2 Å². The van der Waals surface area contributed by atoms with E-state index in [9.17, 15) is 19.1 Å². The first kappa shape index (κ1) is 21.2. The van der Waals surface area contributed by atoms with Gasteiger partial charge in [0, 0.05) is 37.5 Å². The van der Waals surface area contributed by atoms with Gasteiger partial charge in [-0.1, -0.05) is 12.1 Å². The molecule has 0 spiro atoms. The summed E-state index contributed by atoms with van der Waals surface area (Å²) in [5.74, 6) is -1.95.